The summed E-state index contributed by atoms with van der Waals surface area (Å²) in [4.78, 5) is 35.2. The third-order valence-corrected chi connectivity index (χ3v) is 5.09. The fraction of sp³-hybridized carbons (Fsp3) is 0.571. The van der Waals surface area contributed by atoms with Crippen molar-refractivity contribution in [3.8, 4) is 0 Å². The third kappa shape index (κ3) is 5.00. The van der Waals surface area contributed by atoms with Crippen LogP contribution in [0.15, 0.2) is 10.9 Å². The quantitative estimate of drug-likeness (QED) is 0.726. The highest BCUT2D eigenvalue weighted by Crippen LogP contribution is 2.21. The molecule has 126 valence electrons. The molecule has 1 aliphatic heterocycles. The van der Waals surface area contributed by atoms with Gasteiger partial charge in [-0.25, -0.2) is 9.48 Å². The second-order valence-electron chi connectivity index (χ2n) is 5.15. The number of rotatable bonds is 7. The number of carboxylic acid groups (broad SMARTS) is 1. The van der Waals surface area contributed by atoms with Crippen LogP contribution < -0.4 is 10.9 Å². The lowest BCUT2D eigenvalue weighted by atomic mass is 10.2. The molecular formula is C14H19N3O4S2. The van der Waals surface area contributed by atoms with E-state index in [0.29, 0.717) is 12.2 Å². The number of fused-ring (bicyclic) bond motifs is 1. The molecule has 0 fully saturated rings. The monoisotopic (exact) mass is 357 g/mol. The first-order chi connectivity index (χ1) is 11.0. The highest BCUT2D eigenvalue weighted by Gasteiger charge is 2.20. The molecule has 1 atom stereocenters. The number of aromatic nitrogens is 2. The van der Waals surface area contributed by atoms with Gasteiger partial charge in [-0.05, 0) is 29.7 Å². The van der Waals surface area contributed by atoms with Crippen LogP contribution >= 0.6 is 23.5 Å². The molecule has 0 saturated carbocycles. The molecule has 23 heavy (non-hydrogen) atoms. The molecule has 1 aromatic heterocycles. The van der Waals surface area contributed by atoms with Gasteiger partial charge in [0.1, 0.15) is 12.6 Å². The van der Waals surface area contributed by atoms with E-state index < -0.39 is 17.9 Å². The number of carboxylic acids is 1. The summed E-state index contributed by atoms with van der Waals surface area (Å²) in [5, 5.41) is 15.8. The molecule has 0 saturated heterocycles. The summed E-state index contributed by atoms with van der Waals surface area (Å²) >= 11 is 3.26. The fourth-order valence-electron chi connectivity index (χ4n) is 2.23. The molecule has 1 amide bonds. The minimum Gasteiger partial charge on any atom is -0.480 e. The Balaban J connectivity index is 2.04. The van der Waals surface area contributed by atoms with Crippen LogP contribution in [0.4, 0.5) is 0 Å². The van der Waals surface area contributed by atoms with Crippen molar-refractivity contribution >= 4 is 35.4 Å². The minimum atomic E-state index is -1.07. The van der Waals surface area contributed by atoms with Gasteiger partial charge in [-0.3, -0.25) is 9.59 Å². The number of hydrogen-bond acceptors (Lipinski definition) is 6. The maximum Gasteiger partial charge on any atom is 0.326 e. The Hall–Kier alpha value is -1.48. The van der Waals surface area contributed by atoms with Gasteiger partial charge in [0.2, 0.25) is 5.91 Å². The van der Waals surface area contributed by atoms with Crippen molar-refractivity contribution in [2.75, 3.05) is 17.8 Å². The summed E-state index contributed by atoms with van der Waals surface area (Å²) in [5.74, 6) is 0.750. The van der Waals surface area contributed by atoms with Crippen molar-refractivity contribution in [1.82, 2.24) is 15.1 Å². The van der Waals surface area contributed by atoms with Crippen LogP contribution in [0.1, 0.15) is 17.7 Å². The standard InChI is InChI=1S/C14H19N3O4S2/c1-22-4-2-11(14(20)21)15-12(18)7-17-13(19)6-9-8-23-5-3-10(9)16-17/h6,11H,2-5,7-8H2,1H3,(H,15,18)(H,20,21)/t11-/m0/s1. The summed E-state index contributed by atoms with van der Waals surface area (Å²) in [6.45, 7) is -0.262. The van der Waals surface area contributed by atoms with Crippen LogP contribution in [0.25, 0.3) is 0 Å². The Morgan fingerprint density at radius 1 is 1.57 bits per heavy atom. The molecule has 2 heterocycles. The number of aryl methyl sites for hydroxylation is 1. The second-order valence-corrected chi connectivity index (χ2v) is 7.25. The lowest BCUT2D eigenvalue weighted by molar-refractivity contribution is -0.142. The molecule has 0 bridgehead atoms. The topological polar surface area (TPSA) is 101 Å². The molecule has 0 unspecified atom stereocenters. The van der Waals surface area contributed by atoms with Gasteiger partial charge in [-0.2, -0.15) is 28.6 Å². The van der Waals surface area contributed by atoms with Crippen LogP contribution in [0.3, 0.4) is 0 Å². The molecule has 1 aromatic rings. The van der Waals surface area contributed by atoms with E-state index in [9.17, 15) is 14.4 Å². The van der Waals surface area contributed by atoms with Crippen molar-refractivity contribution < 1.29 is 14.7 Å². The number of hydrogen-bond donors (Lipinski definition) is 2. The van der Waals surface area contributed by atoms with E-state index in [2.05, 4.69) is 10.4 Å². The van der Waals surface area contributed by atoms with Crippen LogP contribution in [-0.2, 0) is 28.3 Å². The molecule has 0 aromatic carbocycles. The van der Waals surface area contributed by atoms with Gasteiger partial charge >= 0.3 is 5.97 Å². The maximum absolute atomic E-state index is 12.0. The van der Waals surface area contributed by atoms with Crippen molar-refractivity contribution in [1.29, 1.82) is 0 Å². The van der Waals surface area contributed by atoms with Gasteiger partial charge in [-0.1, -0.05) is 0 Å². The zero-order chi connectivity index (χ0) is 16.8. The van der Waals surface area contributed by atoms with Gasteiger partial charge in [0.15, 0.2) is 0 Å². The molecule has 9 heteroatoms. The minimum absolute atomic E-state index is 0.262. The van der Waals surface area contributed by atoms with E-state index in [1.807, 2.05) is 6.26 Å². The summed E-state index contributed by atoms with van der Waals surface area (Å²) in [6.07, 6.45) is 2.98. The number of carbonyl (C=O) groups is 2. The molecule has 2 rings (SSSR count). The first kappa shape index (κ1) is 17.9. The molecular weight excluding hydrogens is 338 g/mol. The Labute approximate surface area is 142 Å². The Kier molecular flexibility index (Phi) is 6.52. The smallest absolute Gasteiger partial charge is 0.326 e. The maximum atomic E-state index is 12.0. The summed E-state index contributed by atoms with van der Waals surface area (Å²) in [7, 11) is 0. The predicted molar refractivity (Wildman–Crippen MR) is 90.9 cm³/mol. The predicted octanol–water partition coefficient (Wildman–Crippen LogP) is 0.355. The number of nitrogens with zero attached hydrogens (tertiary/aromatic N) is 2. The molecule has 1 aliphatic rings. The normalized spacial score (nSPS) is 14.8. The summed E-state index contributed by atoms with van der Waals surface area (Å²) in [6, 6.07) is 0.573. The molecule has 2 N–H and O–H groups in total. The second kappa shape index (κ2) is 8.39. The molecule has 0 aliphatic carbocycles. The van der Waals surface area contributed by atoms with Gasteiger partial charge in [-0.15, -0.1) is 0 Å². The van der Waals surface area contributed by atoms with Crippen molar-refractivity contribution in [3.05, 3.63) is 27.7 Å². The van der Waals surface area contributed by atoms with E-state index in [-0.39, 0.29) is 12.1 Å². The molecule has 0 spiro atoms. The van der Waals surface area contributed by atoms with Crippen molar-refractivity contribution in [3.63, 3.8) is 0 Å². The van der Waals surface area contributed by atoms with Gasteiger partial charge in [0.25, 0.3) is 5.56 Å². The third-order valence-electron chi connectivity index (χ3n) is 3.44. The zero-order valence-electron chi connectivity index (χ0n) is 12.8. The average Bonchev–Trinajstić information content (AvgIpc) is 2.51. The lowest BCUT2D eigenvalue weighted by Crippen LogP contribution is -2.44. The number of thioether (sulfide) groups is 2. The average molecular weight is 357 g/mol. The van der Waals surface area contributed by atoms with E-state index in [1.165, 1.54) is 17.8 Å². The Bertz CT molecular complexity index is 647. The highest BCUT2D eigenvalue weighted by atomic mass is 32.2. The molecule has 7 nitrogen and oxygen atoms in total. The fourth-order valence-corrected chi connectivity index (χ4v) is 3.66. The number of amides is 1. The SMILES string of the molecule is CSCC[C@H](NC(=O)Cn1nc2c(cc1=O)CSCC2)C(=O)O. The van der Waals surface area contributed by atoms with Gasteiger partial charge in [0.05, 0.1) is 5.69 Å². The Morgan fingerprint density at radius 3 is 3.04 bits per heavy atom. The number of nitrogens with one attached hydrogen (secondary N) is 1. The first-order valence-corrected chi connectivity index (χ1v) is 9.75. The molecule has 0 radical (unpaired) electrons. The lowest BCUT2D eigenvalue weighted by Gasteiger charge is -2.17. The van der Waals surface area contributed by atoms with E-state index in [4.69, 9.17) is 5.11 Å². The number of aliphatic carboxylic acids is 1. The first-order valence-electron chi connectivity index (χ1n) is 7.20. The van der Waals surface area contributed by atoms with Gasteiger partial charge in [0, 0.05) is 18.2 Å². The number of carbonyl (C=O) groups excluding carboxylic acids is 1. The summed E-state index contributed by atoms with van der Waals surface area (Å²) in [5.41, 5.74) is 1.43. The van der Waals surface area contributed by atoms with Crippen LogP contribution in [0, 0.1) is 0 Å². The van der Waals surface area contributed by atoms with Crippen molar-refractivity contribution in [2.24, 2.45) is 0 Å². The highest BCUT2D eigenvalue weighted by molar-refractivity contribution is 7.98. The largest absolute Gasteiger partial charge is 0.480 e. The zero-order valence-corrected chi connectivity index (χ0v) is 14.4. The van der Waals surface area contributed by atoms with E-state index in [0.717, 1.165) is 33.9 Å². The van der Waals surface area contributed by atoms with E-state index >= 15 is 0 Å². The van der Waals surface area contributed by atoms with Gasteiger partial charge < -0.3 is 10.4 Å². The van der Waals surface area contributed by atoms with E-state index in [1.54, 1.807) is 11.8 Å². The van der Waals surface area contributed by atoms with Crippen molar-refractivity contribution in [2.45, 2.75) is 31.2 Å². The Morgan fingerprint density at radius 2 is 2.35 bits per heavy atom. The van der Waals surface area contributed by atoms with Crippen LogP contribution in [0.5, 0.6) is 0 Å². The van der Waals surface area contributed by atoms with Crippen LogP contribution in [-0.4, -0.2) is 50.6 Å². The summed E-state index contributed by atoms with van der Waals surface area (Å²) < 4.78 is 1.11. The van der Waals surface area contributed by atoms with Crippen LogP contribution in [0.2, 0.25) is 0 Å².